The lowest BCUT2D eigenvalue weighted by Crippen LogP contribution is -2.12. The fraction of sp³-hybridized carbons (Fsp3) is 0. The first-order chi connectivity index (χ1) is 26.7. The van der Waals surface area contributed by atoms with Gasteiger partial charge in [0.05, 0.1) is 5.69 Å². The molecule has 0 unspecified atom stereocenters. The first kappa shape index (κ1) is 32.7. The van der Waals surface area contributed by atoms with E-state index < -0.39 is 0 Å². The van der Waals surface area contributed by atoms with Crippen LogP contribution in [0.25, 0.3) is 71.7 Å². The summed E-state index contributed by atoms with van der Waals surface area (Å²) in [5.74, 6) is 0. The van der Waals surface area contributed by atoms with Gasteiger partial charge in [-0.1, -0.05) is 177 Å². The van der Waals surface area contributed by atoms with Gasteiger partial charge in [0.1, 0.15) is 11.2 Å². The van der Waals surface area contributed by atoms with Crippen molar-refractivity contribution < 1.29 is 4.42 Å². The number of hydrogen-bond acceptors (Lipinski definition) is 2. The van der Waals surface area contributed by atoms with E-state index >= 15 is 0 Å². The Morgan fingerprint density at radius 3 is 1.91 bits per heavy atom. The van der Waals surface area contributed by atoms with Crippen LogP contribution in [0.4, 0.5) is 17.1 Å². The molecule has 54 heavy (non-hydrogen) atoms. The number of hydrogen-bond donors (Lipinski definition) is 0. The van der Waals surface area contributed by atoms with Gasteiger partial charge in [-0.3, -0.25) is 0 Å². The van der Waals surface area contributed by atoms with Gasteiger partial charge in [-0.25, -0.2) is 0 Å². The Balaban J connectivity index is 1.31. The molecule has 9 rings (SSSR count). The Bertz CT molecular complexity index is 2860. The zero-order valence-corrected chi connectivity index (χ0v) is 29.8. The number of rotatable bonds is 9. The molecule has 1 heterocycles. The fourth-order valence-corrected chi connectivity index (χ4v) is 7.69. The summed E-state index contributed by atoms with van der Waals surface area (Å²) in [7, 11) is 0. The smallest absolute Gasteiger partial charge is 0.143 e. The van der Waals surface area contributed by atoms with Crippen molar-refractivity contribution in [2.75, 3.05) is 4.90 Å². The second kappa shape index (κ2) is 14.1. The van der Waals surface area contributed by atoms with E-state index in [0.717, 1.165) is 83.2 Å². The predicted octanol–water partition coefficient (Wildman–Crippen LogP) is 15.0. The lowest BCUT2D eigenvalue weighted by atomic mass is 9.93. The zero-order chi connectivity index (χ0) is 36.4. The van der Waals surface area contributed by atoms with E-state index in [1.807, 2.05) is 18.2 Å². The van der Waals surface area contributed by atoms with E-state index in [0.29, 0.717) is 0 Å². The first-order valence-corrected chi connectivity index (χ1v) is 18.2. The molecule has 0 saturated heterocycles. The highest BCUT2D eigenvalue weighted by Gasteiger charge is 2.22. The molecule has 9 aromatic rings. The van der Waals surface area contributed by atoms with E-state index in [9.17, 15) is 0 Å². The summed E-state index contributed by atoms with van der Waals surface area (Å²) < 4.78 is 6.88. The van der Waals surface area contributed by atoms with E-state index in [1.165, 1.54) is 11.1 Å². The van der Waals surface area contributed by atoms with Gasteiger partial charge in [0.15, 0.2) is 0 Å². The second-order valence-electron chi connectivity index (χ2n) is 13.4. The summed E-state index contributed by atoms with van der Waals surface area (Å²) in [6, 6.07) is 64.7. The summed E-state index contributed by atoms with van der Waals surface area (Å²) in [5.41, 5.74) is 13.7. The molecule has 8 aromatic carbocycles. The Hall–Kier alpha value is -7.16. The number of anilines is 3. The fourth-order valence-electron chi connectivity index (χ4n) is 7.69. The van der Waals surface area contributed by atoms with Crippen LogP contribution in [0.1, 0.15) is 5.56 Å². The van der Waals surface area contributed by atoms with Crippen molar-refractivity contribution >= 4 is 55.3 Å². The molecule has 2 nitrogen and oxygen atoms in total. The van der Waals surface area contributed by atoms with Crippen LogP contribution < -0.4 is 4.90 Å². The van der Waals surface area contributed by atoms with Gasteiger partial charge in [-0.15, -0.1) is 0 Å². The molecule has 0 amide bonds. The summed E-state index contributed by atoms with van der Waals surface area (Å²) in [5, 5.41) is 4.49. The first-order valence-electron chi connectivity index (χ1n) is 18.2. The number of nitrogens with zero attached hydrogens (tertiary/aromatic N) is 1. The molecular formula is C52H37NO. The highest BCUT2D eigenvalue weighted by atomic mass is 16.3. The second-order valence-corrected chi connectivity index (χ2v) is 13.4. The molecule has 1 aromatic heterocycles. The third-order valence-corrected chi connectivity index (χ3v) is 10.2. The Kier molecular flexibility index (Phi) is 8.55. The molecule has 256 valence electrons. The molecule has 0 radical (unpaired) electrons. The van der Waals surface area contributed by atoms with Crippen LogP contribution in [-0.4, -0.2) is 0 Å². The van der Waals surface area contributed by atoms with Crippen LogP contribution in [0.2, 0.25) is 0 Å². The van der Waals surface area contributed by atoms with Crippen molar-refractivity contribution in [1.82, 2.24) is 0 Å². The summed E-state index contributed by atoms with van der Waals surface area (Å²) in [6.45, 7) is 8.07. The van der Waals surface area contributed by atoms with Crippen molar-refractivity contribution in [3.63, 3.8) is 0 Å². The molecule has 0 fully saturated rings. The quantitative estimate of drug-likeness (QED) is 0.140. The van der Waals surface area contributed by atoms with Crippen LogP contribution in [0.3, 0.4) is 0 Å². The maximum atomic E-state index is 6.88. The van der Waals surface area contributed by atoms with E-state index in [2.05, 4.69) is 200 Å². The maximum absolute atomic E-state index is 6.88. The summed E-state index contributed by atoms with van der Waals surface area (Å²) in [4.78, 5) is 2.37. The Labute approximate surface area is 315 Å². The minimum atomic E-state index is 0.872. The molecule has 2 heteroatoms. The molecular weight excluding hydrogens is 655 g/mol. The topological polar surface area (TPSA) is 16.4 Å². The molecule has 0 aliphatic rings. The molecule has 0 saturated carbocycles. The van der Waals surface area contributed by atoms with Gasteiger partial charge in [0.2, 0.25) is 0 Å². The minimum absolute atomic E-state index is 0.872. The van der Waals surface area contributed by atoms with Gasteiger partial charge in [0.25, 0.3) is 0 Å². The Morgan fingerprint density at radius 2 is 1.11 bits per heavy atom. The molecule has 0 N–H and O–H groups in total. The van der Waals surface area contributed by atoms with Crippen LogP contribution in [-0.2, 0) is 0 Å². The summed E-state index contributed by atoms with van der Waals surface area (Å²) >= 11 is 0. The normalized spacial score (nSPS) is 11.6. The van der Waals surface area contributed by atoms with Crippen LogP contribution in [0.15, 0.2) is 218 Å². The number of para-hydroxylation sites is 2. The molecule has 0 aliphatic heterocycles. The van der Waals surface area contributed by atoms with E-state index in [-0.39, 0.29) is 0 Å². The van der Waals surface area contributed by atoms with Gasteiger partial charge in [-0.2, -0.15) is 0 Å². The van der Waals surface area contributed by atoms with E-state index in [1.54, 1.807) is 0 Å². The van der Waals surface area contributed by atoms with Gasteiger partial charge >= 0.3 is 0 Å². The number of furan rings is 1. The lowest BCUT2D eigenvalue weighted by molar-refractivity contribution is 0.674. The van der Waals surface area contributed by atoms with Crippen LogP contribution in [0.5, 0.6) is 0 Å². The van der Waals surface area contributed by atoms with Crippen molar-refractivity contribution in [1.29, 1.82) is 0 Å². The third-order valence-electron chi connectivity index (χ3n) is 10.2. The third kappa shape index (κ3) is 5.81. The highest BCUT2D eigenvalue weighted by Crippen LogP contribution is 2.47. The van der Waals surface area contributed by atoms with E-state index in [4.69, 9.17) is 4.42 Å². The average Bonchev–Trinajstić information content (AvgIpc) is 3.64. The highest BCUT2D eigenvalue weighted by molar-refractivity contribution is 6.17. The lowest BCUT2D eigenvalue weighted by Gasteiger charge is -2.29. The maximum Gasteiger partial charge on any atom is 0.143 e. The number of allylic oxidation sites excluding steroid dienone is 4. The van der Waals surface area contributed by atoms with Crippen molar-refractivity contribution in [2.24, 2.45) is 0 Å². The monoisotopic (exact) mass is 691 g/mol. The van der Waals surface area contributed by atoms with Crippen molar-refractivity contribution in [3.05, 3.63) is 219 Å². The molecule has 0 aliphatic carbocycles. The molecule has 0 spiro atoms. The van der Waals surface area contributed by atoms with Crippen LogP contribution >= 0.6 is 0 Å². The number of benzene rings is 8. The minimum Gasteiger partial charge on any atom is -0.455 e. The van der Waals surface area contributed by atoms with Gasteiger partial charge in [0, 0.05) is 38.7 Å². The molecule has 0 atom stereocenters. The molecule has 0 bridgehead atoms. The average molecular weight is 692 g/mol. The largest absolute Gasteiger partial charge is 0.455 e. The van der Waals surface area contributed by atoms with Gasteiger partial charge in [-0.05, 0) is 75.2 Å². The van der Waals surface area contributed by atoms with Crippen LogP contribution in [0, 0.1) is 0 Å². The number of fused-ring (bicyclic) bond motifs is 5. The van der Waals surface area contributed by atoms with Crippen molar-refractivity contribution in [2.45, 2.75) is 0 Å². The van der Waals surface area contributed by atoms with Crippen molar-refractivity contribution in [3.8, 4) is 33.4 Å². The predicted molar refractivity (Wildman–Crippen MR) is 231 cm³/mol. The zero-order valence-electron chi connectivity index (χ0n) is 29.8. The SMILES string of the molecule is C=C/C=C(\C=C)c1cccc(N(c2ccc(-c3ccccc3)c(-c3ccccc3)c2)c2ccccc2-c2cccc3c2oc2c4ccccc4ccc32)c1. The van der Waals surface area contributed by atoms with Gasteiger partial charge < -0.3 is 9.32 Å². The summed E-state index contributed by atoms with van der Waals surface area (Å²) in [6.07, 6.45) is 5.69. The standard InChI is InChI=1S/C52H37NO/c1-3-17-36(4-2)40-23-15-24-41(34-40)53(42-31-33-43(37-18-7-5-8-19-37)49(35-42)38-20-9-6-10-21-38)50-29-14-13-26-45(50)46-27-16-28-47-48-32-30-39-22-11-12-25-44(39)51(48)54-52(46)47/h3-35H,1-2H2/b36-17+. The Morgan fingerprint density at radius 1 is 0.463 bits per heavy atom.